The van der Waals surface area contributed by atoms with Gasteiger partial charge in [0.25, 0.3) is 0 Å². The topological polar surface area (TPSA) is 75.6 Å². The van der Waals surface area contributed by atoms with Gasteiger partial charge in [-0.05, 0) is 11.8 Å². The van der Waals surface area contributed by atoms with Crippen molar-refractivity contribution in [2.75, 3.05) is 13.2 Å². The van der Waals surface area contributed by atoms with Crippen molar-refractivity contribution in [1.29, 1.82) is 0 Å². The van der Waals surface area contributed by atoms with Crippen LogP contribution >= 0.6 is 0 Å². The molecule has 0 aliphatic rings. The van der Waals surface area contributed by atoms with Crippen molar-refractivity contribution in [2.24, 2.45) is 5.41 Å². The van der Waals surface area contributed by atoms with Crippen molar-refractivity contribution >= 4 is 11.9 Å². The smallest absolute Gasteiger partial charge is 0.305 e. The normalized spacial score (nSPS) is 13.2. The number of carbonyl (C=O) groups excluding carboxylic acids is 1. The van der Waals surface area contributed by atoms with E-state index >= 15 is 0 Å². The Labute approximate surface area is 103 Å². The molecule has 0 saturated heterocycles. The Morgan fingerprint density at radius 1 is 1.35 bits per heavy atom. The second kappa shape index (κ2) is 7.27. The zero-order valence-electron chi connectivity index (χ0n) is 11.1. The first kappa shape index (κ1) is 15.9. The van der Waals surface area contributed by atoms with Crippen LogP contribution in [0.5, 0.6) is 0 Å². The molecule has 5 nitrogen and oxygen atoms in total. The number of aliphatic carboxylic acids is 1. The van der Waals surface area contributed by atoms with Crippen LogP contribution in [0.1, 0.15) is 40.5 Å². The number of ether oxygens (including phenoxy) is 1. The molecule has 1 atom stereocenters. The molecule has 0 saturated carbocycles. The third-order valence-electron chi connectivity index (χ3n) is 2.34. The zero-order chi connectivity index (χ0) is 13.5. The van der Waals surface area contributed by atoms with Crippen molar-refractivity contribution < 1.29 is 19.4 Å². The van der Waals surface area contributed by atoms with Gasteiger partial charge in [-0.25, -0.2) is 0 Å². The molecular weight excluding hydrogens is 222 g/mol. The quantitative estimate of drug-likeness (QED) is 0.665. The summed E-state index contributed by atoms with van der Waals surface area (Å²) in [6.45, 7) is 8.17. The maximum atomic E-state index is 11.5. The lowest BCUT2D eigenvalue weighted by Crippen LogP contribution is -2.46. The van der Waals surface area contributed by atoms with E-state index in [4.69, 9.17) is 9.84 Å². The largest absolute Gasteiger partial charge is 0.481 e. The SMILES string of the molecule is CCCOCC(=O)NC(CC(=O)O)C(C)(C)C. The third-order valence-corrected chi connectivity index (χ3v) is 2.34. The lowest BCUT2D eigenvalue weighted by molar-refractivity contribution is -0.138. The van der Waals surface area contributed by atoms with Gasteiger partial charge in [0.05, 0.1) is 6.42 Å². The van der Waals surface area contributed by atoms with Gasteiger partial charge in [0.1, 0.15) is 6.61 Å². The maximum Gasteiger partial charge on any atom is 0.305 e. The Morgan fingerprint density at radius 3 is 2.35 bits per heavy atom. The molecule has 0 bridgehead atoms. The summed E-state index contributed by atoms with van der Waals surface area (Å²) in [6, 6.07) is -0.391. The van der Waals surface area contributed by atoms with E-state index in [2.05, 4.69) is 5.32 Å². The molecule has 1 amide bonds. The van der Waals surface area contributed by atoms with E-state index in [1.807, 2.05) is 27.7 Å². The van der Waals surface area contributed by atoms with Crippen LogP contribution in [0.25, 0.3) is 0 Å². The Bertz CT molecular complexity index is 258. The highest BCUT2D eigenvalue weighted by Crippen LogP contribution is 2.21. The number of carboxylic acid groups (broad SMARTS) is 1. The summed E-state index contributed by atoms with van der Waals surface area (Å²) in [4.78, 5) is 22.2. The van der Waals surface area contributed by atoms with Gasteiger partial charge < -0.3 is 15.2 Å². The van der Waals surface area contributed by atoms with Gasteiger partial charge in [-0.15, -0.1) is 0 Å². The molecule has 0 rings (SSSR count). The van der Waals surface area contributed by atoms with Crippen LogP contribution in [0.3, 0.4) is 0 Å². The summed E-state index contributed by atoms with van der Waals surface area (Å²) in [7, 11) is 0. The van der Waals surface area contributed by atoms with Crippen molar-refractivity contribution in [3.63, 3.8) is 0 Å². The minimum Gasteiger partial charge on any atom is -0.481 e. The van der Waals surface area contributed by atoms with Crippen LogP contribution in [0, 0.1) is 5.41 Å². The van der Waals surface area contributed by atoms with Crippen molar-refractivity contribution in [3.8, 4) is 0 Å². The maximum absolute atomic E-state index is 11.5. The lowest BCUT2D eigenvalue weighted by Gasteiger charge is -2.30. The zero-order valence-corrected chi connectivity index (χ0v) is 11.1. The first-order chi connectivity index (χ1) is 7.77. The summed E-state index contributed by atoms with van der Waals surface area (Å²) < 4.78 is 5.10. The summed E-state index contributed by atoms with van der Waals surface area (Å²) in [5, 5.41) is 11.5. The molecule has 2 N–H and O–H groups in total. The van der Waals surface area contributed by atoms with Gasteiger partial charge >= 0.3 is 5.97 Å². The van der Waals surface area contributed by atoms with Gasteiger partial charge in [0, 0.05) is 12.6 Å². The molecule has 0 aromatic heterocycles. The van der Waals surface area contributed by atoms with Crippen LogP contribution in [0.15, 0.2) is 0 Å². The van der Waals surface area contributed by atoms with Crippen molar-refractivity contribution in [3.05, 3.63) is 0 Å². The fourth-order valence-corrected chi connectivity index (χ4v) is 1.29. The molecule has 0 aliphatic heterocycles. The number of hydrogen-bond donors (Lipinski definition) is 2. The highest BCUT2D eigenvalue weighted by Gasteiger charge is 2.28. The summed E-state index contributed by atoms with van der Waals surface area (Å²) in [5.74, 6) is -1.18. The third kappa shape index (κ3) is 7.74. The standard InChI is InChI=1S/C12H23NO4/c1-5-6-17-8-10(14)13-9(7-11(15)16)12(2,3)4/h9H,5-8H2,1-4H3,(H,13,14)(H,15,16). The average Bonchev–Trinajstić information content (AvgIpc) is 2.15. The molecule has 0 aromatic carbocycles. The van der Waals surface area contributed by atoms with Crippen LogP contribution in [0.4, 0.5) is 0 Å². The first-order valence-corrected chi connectivity index (χ1v) is 5.86. The molecule has 0 fully saturated rings. The van der Waals surface area contributed by atoms with Crippen LogP contribution in [-0.4, -0.2) is 36.2 Å². The highest BCUT2D eigenvalue weighted by atomic mass is 16.5. The number of nitrogens with one attached hydrogen (secondary N) is 1. The van der Waals surface area contributed by atoms with Gasteiger partial charge in [0.15, 0.2) is 0 Å². The second-order valence-electron chi connectivity index (χ2n) is 5.14. The van der Waals surface area contributed by atoms with E-state index < -0.39 is 12.0 Å². The van der Waals surface area contributed by atoms with E-state index in [9.17, 15) is 9.59 Å². The van der Waals surface area contributed by atoms with Gasteiger partial charge in [-0.1, -0.05) is 27.7 Å². The number of rotatable bonds is 7. The summed E-state index contributed by atoms with van der Waals surface area (Å²) in [5.41, 5.74) is -0.293. The van der Waals surface area contributed by atoms with Crippen molar-refractivity contribution in [2.45, 2.75) is 46.6 Å². The molecule has 100 valence electrons. The Balaban J connectivity index is 4.24. The molecule has 5 heteroatoms. The minimum absolute atomic E-state index is 0.0139. The average molecular weight is 245 g/mol. The molecular formula is C12H23NO4. The fraction of sp³-hybridized carbons (Fsp3) is 0.833. The van der Waals surface area contributed by atoms with Gasteiger partial charge in [-0.3, -0.25) is 9.59 Å². The van der Waals surface area contributed by atoms with E-state index in [1.54, 1.807) is 0 Å². The summed E-state index contributed by atoms with van der Waals surface area (Å²) >= 11 is 0. The monoisotopic (exact) mass is 245 g/mol. The fourth-order valence-electron chi connectivity index (χ4n) is 1.29. The Hall–Kier alpha value is -1.10. The Morgan fingerprint density at radius 2 is 1.94 bits per heavy atom. The molecule has 0 spiro atoms. The molecule has 0 aromatic rings. The predicted octanol–water partition coefficient (Wildman–Crippen LogP) is 1.42. The van der Waals surface area contributed by atoms with E-state index in [1.165, 1.54) is 0 Å². The number of hydrogen-bond acceptors (Lipinski definition) is 3. The molecule has 1 unspecified atom stereocenters. The Kier molecular flexibility index (Phi) is 6.80. The van der Waals surface area contributed by atoms with Gasteiger partial charge in [-0.2, -0.15) is 0 Å². The van der Waals surface area contributed by atoms with Crippen LogP contribution < -0.4 is 5.32 Å². The molecule has 0 aliphatic carbocycles. The minimum atomic E-state index is -0.917. The van der Waals surface area contributed by atoms with Crippen molar-refractivity contribution in [1.82, 2.24) is 5.32 Å². The first-order valence-electron chi connectivity index (χ1n) is 5.86. The van der Waals surface area contributed by atoms with E-state index in [0.29, 0.717) is 6.61 Å². The molecule has 0 radical (unpaired) electrons. The van der Waals surface area contributed by atoms with E-state index in [-0.39, 0.29) is 24.3 Å². The number of carboxylic acids is 1. The van der Waals surface area contributed by atoms with Gasteiger partial charge in [0.2, 0.25) is 5.91 Å². The van der Waals surface area contributed by atoms with Crippen LogP contribution in [0.2, 0.25) is 0 Å². The van der Waals surface area contributed by atoms with Crippen LogP contribution in [-0.2, 0) is 14.3 Å². The predicted molar refractivity (Wildman–Crippen MR) is 64.7 cm³/mol. The van der Waals surface area contributed by atoms with E-state index in [0.717, 1.165) is 6.42 Å². The molecule has 17 heavy (non-hydrogen) atoms. The number of amides is 1. The second-order valence-corrected chi connectivity index (χ2v) is 5.14. The lowest BCUT2D eigenvalue weighted by atomic mass is 9.85. The molecule has 0 heterocycles. The highest BCUT2D eigenvalue weighted by molar-refractivity contribution is 5.78. The number of carbonyl (C=O) groups is 2. The summed E-state index contributed by atoms with van der Waals surface area (Å²) in [6.07, 6.45) is 0.772.